The van der Waals surface area contributed by atoms with Crippen LogP contribution in [0.5, 0.6) is 0 Å². The number of aliphatic hydroxyl groups excluding tert-OH is 1. The lowest BCUT2D eigenvalue weighted by Crippen LogP contribution is -2.40. The summed E-state index contributed by atoms with van der Waals surface area (Å²) in [6, 6.07) is 17.2. The molecule has 2 rings (SSSR count). The molecule has 0 heterocycles. The first kappa shape index (κ1) is 19.1. The van der Waals surface area contributed by atoms with Crippen LogP contribution in [-0.4, -0.2) is 43.4 Å². The van der Waals surface area contributed by atoms with Crippen LogP contribution in [0.15, 0.2) is 65.6 Å². The number of amides is 1. The summed E-state index contributed by atoms with van der Waals surface area (Å²) >= 11 is 0. The number of aliphatic hydroxyl groups is 1. The largest absolute Gasteiger partial charge is 0.396 e. The number of carbonyl (C=O) groups is 1. The Morgan fingerprint density at radius 2 is 1.60 bits per heavy atom. The van der Waals surface area contributed by atoms with Crippen LogP contribution in [0.1, 0.15) is 12.0 Å². The first-order valence-electron chi connectivity index (χ1n) is 8.00. The second-order valence-electron chi connectivity index (χ2n) is 5.50. The maximum atomic E-state index is 12.9. The van der Waals surface area contributed by atoms with Crippen molar-refractivity contribution in [2.24, 2.45) is 0 Å². The van der Waals surface area contributed by atoms with Crippen LogP contribution in [-0.2, 0) is 21.4 Å². The minimum Gasteiger partial charge on any atom is -0.396 e. The minimum absolute atomic E-state index is 0.0314. The fraction of sp³-hybridized carbons (Fsp3) is 0.278. The fourth-order valence-electron chi connectivity index (χ4n) is 2.28. The van der Waals surface area contributed by atoms with Gasteiger partial charge in [-0.25, -0.2) is 8.42 Å². The molecule has 2 N–H and O–H groups in total. The lowest BCUT2D eigenvalue weighted by molar-refractivity contribution is -0.121. The molecular formula is C18H22N2O4S. The Balaban J connectivity index is 2.21. The van der Waals surface area contributed by atoms with Crippen molar-refractivity contribution in [2.75, 3.05) is 19.7 Å². The normalized spacial score (nSPS) is 11.4. The zero-order valence-electron chi connectivity index (χ0n) is 13.8. The third-order valence-corrected chi connectivity index (χ3v) is 5.37. The highest BCUT2D eigenvalue weighted by molar-refractivity contribution is 7.89. The number of rotatable bonds is 9. The van der Waals surface area contributed by atoms with Crippen molar-refractivity contribution in [1.29, 1.82) is 0 Å². The van der Waals surface area contributed by atoms with Gasteiger partial charge in [-0.15, -0.1) is 0 Å². The predicted molar refractivity (Wildman–Crippen MR) is 95.2 cm³/mol. The van der Waals surface area contributed by atoms with Crippen molar-refractivity contribution in [2.45, 2.75) is 17.9 Å². The van der Waals surface area contributed by atoms with Crippen molar-refractivity contribution < 1.29 is 18.3 Å². The third kappa shape index (κ3) is 5.67. The van der Waals surface area contributed by atoms with Gasteiger partial charge in [0.15, 0.2) is 0 Å². The Labute approximate surface area is 148 Å². The van der Waals surface area contributed by atoms with E-state index in [9.17, 15) is 13.2 Å². The van der Waals surface area contributed by atoms with Crippen LogP contribution in [0.2, 0.25) is 0 Å². The molecule has 0 spiro atoms. The number of carbonyl (C=O) groups excluding carboxylic acids is 1. The van der Waals surface area contributed by atoms with E-state index in [1.54, 1.807) is 18.2 Å². The molecule has 0 radical (unpaired) electrons. The molecule has 0 aliphatic carbocycles. The quantitative estimate of drug-likeness (QED) is 0.660. The lowest BCUT2D eigenvalue weighted by Gasteiger charge is -2.22. The number of nitrogens with zero attached hydrogens (tertiary/aromatic N) is 1. The molecule has 0 aliphatic rings. The molecule has 2 aromatic rings. The highest BCUT2D eigenvalue weighted by Crippen LogP contribution is 2.18. The molecule has 0 saturated carbocycles. The smallest absolute Gasteiger partial charge is 0.243 e. The molecule has 0 unspecified atom stereocenters. The maximum absolute atomic E-state index is 12.9. The Kier molecular flexibility index (Phi) is 7.12. The highest BCUT2D eigenvalue weighted by Gasteiger charge is 2.26. The molecule has 134 valence electrons. The second-order valence-corrected chi connectivity index (χ2v) is 7.44. The summed E-state index contributed by atoms with van der Waals surface area (Å²) < 4.78 is 27.0. The maximum Gasteiger partial charge on any atom is 0.243 e. The summed E-state index contributed by atoms with van der Waals surface area (Å²) in [5.41, 5.74) is 0.796. The average molecular weight is 362 g/mol. The van der Waals surface area contributed by atoms with E-state index in [2.05, 4.69) is 5.32 Å². The van der Waals surface area contributed by atoms with E-state index in [-0.39, 0.29) is 24.6 Å². The van der Waals surface area contributed by atoms with Gasteiger partial charge in [0.2, 0.25) is 15.9 Å². The molecular weight excluding hydrogens is 340 g/mol. The van der Waals surface area contributed by atoms with Crippen LogP contribution < -0.4 is 5.32 Å². The second kappa shape index (κ2) is 9.31. The van der Waals surface area contributed by atoms with Crippen molar-refractivity contribution in [1.82, 2.24) is 9.62 Å². The summed E-state index contributed by atoms with van der Waals surface area (Å²) in [5, 5.41) is 11.4. The first-order chi connectivity index (χ1) is 12.0. The van der Waals surface area contributed by atoms with Gasteiger partial charge in [0.1, 0.15) is 0 Å². The zero-order chi connectivity index (χ0) is 18.1. The zero-order valence-corrected chi connectivity index (χ0v) is 14.7. The van der Waals surface area contributed by atoms with Gasteiger partial charge in [-0.2, -0.15) is 4.31 Å². The molecule has 0 aromatic heterocycles. The monoisotopic (exact) mass is 362 g/mol. The fourth-order valence-corrected chi connectivity index (χ4v) is 3.68. The van der Waals surface area contributed by atoms with Gasteiger partial charge in [-0.3, -0.25) is 4.79 Å². The molecule has 25 heavy (non-hydrogen) atoms. The van der Waals surface area contributed by atoms with Gasteiger partial charge in [-0.05, 0) is 24.1 Å². The Hall–Kier alpha value is -2.22. The molecule has 7 heteroatoms. The summed E-state index contributed by atoms with van der Waals surface area (Å²) in [4.78, 5) is 12.2. The van der Waals surface area contributed by atoms with E-state index >= 15 is 0 Å². The number of sulfonamides is 1. The van der Waals surface area contributed by atoms with Crippen LogP contribution in [0.25, 0.3) is 0 Å². The van der Waals surface area contributed by atoms with Crippen molar-refractivity contribution >= 4 is 15.9 Å². The molecule has 6 nitrogen and oxygen atoms in total. The molecule has 0 atom stereocenters. The molecule has 0 fully saturated rings. The van der Waals surface area contributed by atoms with Crippen LogP contribution in [0.4, 0.5) is 0 Å². The summed E-state index contributed by atoms with van der Waals surface area (Å²) in [7, 11) is -3.80. The molecule has 0 bridgehead atoms. The number of benzene rings is 2. The van der Waals surface area contributed by atoms with Gasteiger partial charge >= 0.3 is 0 Å². The Bertz CT molecular complexity index is 764. The predicted octanol–water partition coefficient (Wildman–Crippen LogP) is 1.38. The summed E-state index contributed by atoms with van der Waals surface area (Å²) in [6.45, 7) is 0.0965. The van der Waals surface area contributed by atoms with E-state index < -0.39 is 15.9 Å². The van der Waals surface area contributed by atoms with Gasteiger partial charge < -0.3 is 10.4 Å². The topological polar surface area (TPSA) is 86.7 Å². The SMILES string of the molecule is O=C(CN(Cc1ccccc1)S(=O)(=O)c1ccccc1)NCCCO. The van der Waals surface area contributed by atoms with Crippen LogP contribution in [0.3, 0.4) is 0 Å². The summed E-state index contributed by atoms with van der Waals surface area (Å²) in [6.07, 6.45) is 0.426. The molecule has 1 amide bonds. The Morgan fingerprint density at radius 3 is 2.20 bits per heavy atom. The number of hydrogen-bond donors (Lipinski definition) is 2. The minimum atomic E-state index is -3.80. The van der Waals surface area contributed by atoms with Gasteiger partial charge in [0, 0.05) is 19.7 Å². The summed E-state index contributed by atoms with van der Waals surface area (Å²) in [5.74, 6) is -0.399. The van der Waals surface area contributed by atoms with E-state index in [4.69, 9.17) is 5.11 Å². The van der Waals surface area contributed by atoms with Crippen molar-refractivity contribution in [3.05, 3.63) is 66.2 Å². The van der Waals surface area contributed by atoms with Gasteiger partial charge in [0.25, 0.3) is 0 Å². The number of hydrogen-bond acceptors (Lipinski definition) is 4. The Morgan fingerprint density at radius 1 is 1.00 bits per heavy atom. The van der Waals surface area contributed by atoms with E-state index in [1.165, 1.54) is 12.1 Å². The van der Waals surface area contributed by atoms with Crippen molar-refractivity contribution in [3.8, 4) is 0 Å². The van der Waals surface area contributed by atoms with E-state index in [1.807, 2.05) is 30.3 Å². The lowest BCUT2D eigenvalue weighted by atomic mass is 10.2. The average Bonchev–Trinajstić information content (AvgIpc) is 2.63. The van der Waals surface area contributed by atoms with Gasteiger partial charge in [-0.1, -0.05) is 48.5 Å². The van der Waals surface area contributed by atoms with E-state index in [0.29, 0.717) is 13.0 Å². The van der Waals surface area contributed by atoms with Crippen LogP contribution in [0, 0.1) is 0 Å². The van der Waals surface area contributed by atoms with Gasteiger partial charge in [0.05, 0.1) is 11.4 Å². The third-order valence-electron chi connectivity index (χ3n) is 3.56. The van der Waals surface area contributed by atoms with E-state index in [0.717, 1.165) is 9.87 Å². The standard InChI is InChI=1S/C18H22N2O4S/c21-13-7-12-19-18(22)15-20(14-16-8-3-1-4-9-16)25(23,24)17-10-5-2-6-11-17/h1-6,8-11,21H,7,12-15H2,(H,19,22). The molecule has 2 aromatic carbocycles. The van der Waals surface area contributed by atoms with Crippen LogP contribution >= 0.6 is 0 Å². The van der Waals surface area contributed by atoms with Crippen molar-refractivity contribution in [3.63, 3.8) is 0 Å². The molecule has 0 aliphatic heterocycles. The first-order valence-corrected chi connectivity index (χ1v) is 9.44. The number of nitrogens with one attached hydrogen (secondary N) is 1. The highest BCUT2D eigenvalue weighted by atomic mass is 32.2. The molecule has 0 saturated heterocycles.